The fourth-order valence-corrected chi connectivity index (χ4v) is 2.94. The molecule has 134 valence electrons. The molecule has 0 spiro atoms. The minimum absolute atomic E-state index is 0.0366. The van der Waals surface area contributed by atoms with Crippen LogP contribution in [0.25, 0.3) is 16.9 Å². The molecule has 0 saturated carbocycles. The number of carbonyl (C=O) groups excluding carboxylic acids is 1. The summed E-state index contributed by atoms with van der Waals surface area (Å²) in [5.74, 6) is 1.10. The van der Waals surface area contributed by atoms with Crippen molar-refractivity contribution in [1.82, 2.24) is 14.4 Å². The molecule has 0 fully saturated rings. The Morgan fingerprint density at radius 3 is 2.56 bits per heavy atom. The van der Waals surface area contributed by atoms with E-state index in [-0.39, 0.29) is 12.7 Å². The Balaban J connectivity index is 1.94. The van der Waals surface area contributed by atoms with Gasteiger partial charge in [0.2, 0.25) is 0 Å². The number of benzene rings is 1. The average molecular weight is 358 g/mol. The highest BCUT2D eigenvalue weighted by Crippen LogP contribution is 2.34. The molecule has 0 aliphatic rings. The molecule has 3 aromatic heterocycles. The number of aromatic nitrogens is 3. The molecular formula is C21H18N4O2. The number of carbonyl (C=O) groups is 1. The number of fused-ring (bicyclic) bond motifs is 1. The van der Waals surface area contributed by atoms with E-state index in [2.05, 4.69) is 4.98 Å². The van der Waals surface area contributed by atoms with Gasteiger partial charge in [-0.2, -0.15) is 0 Å². The predicted molar refractivity (Wildman–Crippen MR) is 104 cm³/mol. The van der Waals surface area contributed by atoms with Crippen LogP contribution < -0.4 is 4.90 Å². The van der Waals surface area contributed by atoms with E-state index in [0.29, 0.717) is 5.82 Å². The first-order chi connectivity index (χ1) is 13.2. The van der Waals surface area contributed by atoms with Crippen LogP contribution in [-0.4, -0.2) is 27.1 Å². The number of ether oxygens (including phenoxy) is 1. The highest BCUT2D eigenvalue weighted by Gasteiger charge is 2.22. The van der Waals surface area contributed by atoms with E-state index in [9.17, 15) is 4.79 Å². The molecule has 1 aromatic carbocycles. The number of nitrogens with zero attached hydrogens (tertiary/aromatic N) is 4. The van der Waals surface area contributed by atoms with Gasteiger partial charge >= 0.3 is 5.97 Å². The second-order valence-corrected chi connectivity index (χ2v) is 5.96. The van der Waals surface area contributed by atoms with Crippen LogP contribution in [0.3, 0.4) is 0 Å². The molecule has 27 heavy (non-hydrogen) atoms. The van der Waals surface area contributed by atoms with Crippen molar-refractivity contribution in [2.24, 2.45) is 0 Å². The van der Waals surface area contributed by atoms with Crippen molar-refractivity contribution in [3.05, 3.63) is 79.1 Å². The minimum atomic E-state index is -0.356. The smallest absolute Gasteiger partial charge is 0.304 e. The van der Waals surface area contributed by atoms with Gasteiger partial charge in [-0.15, -0.1) is 0 Å². The van der Waals surface area contributed by atoms with Crippen LogP contribution in [0.15, 0.2) is 79.1 Å². The zero-order chi connectivity index (χ0) is 18.6. The summed E-state index contributed by atoms with van der Waals surface area (Å²) in [6.45, 7) is 1.43. The number of esters is 1. The molecular weight excluding hydrogens is 340 g/mol. The quantitative estimate of drug-likeness (QED) is 0.398. The fourth-order valence-electron chi connectivity index (χ4n) is 2.94. The maximum absolute atomic E-state index is 11.5. The molecule has 0 aliphatic carbocycles. The normalized spacial score (nSPS) is 10.7. The van der Waals surface area contributed by atoms with E-state index >= 15 is 0 Å². The molecule has 0 atom stereocenters. The number of rotatable bonds is 5. The van der Waals surface area contributed by atoms with E-state index in [1.165, 1.54) is 6.92 Å². The highest BCUT2D eigenvalue weighted by molar-refractivity contribution is 5.80. The van der Waals surface area contributed by atoms with Crippen LogP contribution in [0.1, 0.15) is 6.92 Å². The number of anilines is 2. The van der Waals surface area contributed by atoms with Gasteiger partial charge in [0.25, 0.3) is 0 Å². The van der Waals surface area contributed by atoms with Crippen LogP contribution in [-0.2, 0) is 9.53 Å². The third kappa shape index (κ3) is 3.37. The lowest BCUT2D eigenvalue weighted by Gasteiger charge is -2.23. The monoisotopic (exact) mass is 358 g/mol. The zero-order valence-corrected chi connectivity index (χ0v) is 14.8. The number of pyridine rings is 2. The second kappa shape index (κ2) is 7.29. The molecule has 4 aromatic rings. The van der Waals surface area contributed by atoms with Gasteiger partial charge in [0.05, 0.1) is 0 Å². The molecule has 6 heteroatoms. The fraction of sp³-hybridized carbons (Fsp3) is 0.0952. The lowest BCUT2D eigenvalue weighted by molar-refractivity contribution is -0.140. The molecule has 4 rings (SSSR count). The van der Waals surface area contributed by atoms with Crippen molar-refractivity contribution >= 4 is 23.3 Å². The Kier molecular flexibility index (Phi) is 4.53. The summed E-state index contributed by atoms with van der Waals surface area (Å²) in [6, 6.07) is 21.4. The molecule has 0 N–H and O–H groups in total. The summed E-state index contributed by atoms with van der Waals surface area (Å²) in [5, 5.41) is 0. The second-order valence-electron chi connectivity index (χ2n) is 5.96. The summed E-state index contributed by atoms with van der Waals surface area (Å²) in [5.41, 5.74) is 2.56. The molecule has 0 radical (unpaired) electrons. The van der Waals surface area contributed by atoms with Crippen LogP contribution in [0.2, 0.25) is 0 Å². The third-order valence-electron chi connectivity index (χ3n) is 4.13. The lowest BCUT2D eigenvalue weighted by atomic mass is 10.1. The largest absolute Gasteiger partial charge is 0.444 e. The first-order valence-corrected chi connectivity index (χ1v) is 8.58. The minimum Gasteiger partial charge on any atom is -0.444 e. The summed E-state index contributed by atoms with van der Waals surface area (Å²) >= 11 is 0. The van der Waals surface area contributed by atoms with Gasteiger partial charge in [-0.25, -0.2) is 9.97 Å². The predicted octanol–water partition coefficient (Wildman–Crippen LogP) is 4.06. The first-order valence-electron chi connectivity index (χ1n) is 8.58. The van der Waals surface area contributed by atoms with Gasteiger partial charge in [0.15, 0.2) is 6.73 Å². The SMILES string of the molecule is CC(=O)OCN(c1ccccn1)c1c(-c2ccccc2)nc2ccccn12. The maximum Gasteiger partial charge on any atom is 0.304 e. The van der Waals surface area contributed by atoms with Crippen LogP contribution in [0.5, 0.6) is 0 Å². The van der Waals surface area contributed by atoms with Crippen LogP contribution in [0, 0.1) is 0 Å². The lowest BCUT2D eigenvalue weighted by Crippen LogP contribution is -2.25. The average Bonchev–Trinajstić information content (AvgIpc) is 3.09. The van der Waals surface area contributed by atoms with Crippen LogP contribution in [0.4, 0.5) is 11.6 Å². The van der Waals surface area contributed by atoms with Gasteiger partial charge in [0, 0.05) is 24.9 Å². The molecule has 0 amide bonds. The Morgan fingerprint density at radius 2 is 1.81 bits per heavy atom. The Bertz CT molecular complexity index is 1060. The maximum atomic E-state index is 11.5. The topological polar surface area (TPSA) is 59.7 Å². The van der Waals surface area contributed by atoms with Crippen molar-refractivity contribution in [2.45, 2.75) is 6.92 Å². The third-order valence-corrected chi connectivity index (χ3v) is 4.13. The first kappa shape index (κ1) is 16.8. The van der Waals surface area contributed by atoms with Crippen molar-refractivity contribution in [1.29, 1.82) is 0 Å². The molecule has 6 nitrogen and oxygen atoms in total. The molecule has 0 unspecified atom stereocenters. The van der Waals surface area contributed by atoms with E-state index in [0.717, 1.165) is 22.7 Å². The van der Waals surface area contributed by atoms with E-state index in [1.54, 1.807) is 6.20 Å². The van der Waals surface area contributed by atoms with E-state index in [1.807, 2.05) is 82.2 Å². The van der Waals surface area contributed by atoms with E-state index < -0.39 is 0 Å². The standard InChI is InChI=1S/C21H18N4O2/c1-16(26)27-15-25(18-11-5-7-13-22-18)21-20(17-9-3-2-4-10-17)23-19-12-6-8-14-24(19)21/h2-14H,15H2,1H3. The van der Waals surface area contributed by atoms with Gasteiger partial charge in [-0.3, -0.25) is 14.1 Å². The van der Waals surface area contributed by atoms with Gasteiger partial charge in [0.1, 0.15) is 23.0 Å². The number of hydrogen-bond acceptors (Lipinski definition) is 5. The Labute approximate surface area is 156 Å². The van der Waals surface area contributed by atoms with Crippen molar-refractivity contribution in [3.63, 3.8) is 0 Å². The number of hydrogen-bond donors (Lipinski definition) is 0. The Hall–Kier alpha value is -3.67. The van der Waals surface area contributed by atoms with Crippen molar-refractivity contribution in [2.75, 3.05) is 11.6 Å². The van der Waals surface area contributed by atoms with E-state index in [4.69, 9.17) is 9.72 Å². The van der Waals surface area contributed by atoms with Gasteiger partial charge < -0.3 is 4.74 Å². The molecule has 0 saturated heterocycles. The molecule has 3 heterocycles. The summed E-state index contributed by atoms with van der Waals surface area (Å²) < 4.78 is 7.30. The van der Waals surface area contributed by atoms with Crippen molar-refractivity contribution < 1.29 is 9.53 Å². The summed E-state index contributed by atoms with van der Waals surface area (Å²) in [7, 11) is 0. The molecule has 0 bridgehead atoms. The Morgan fingerprint density at radius 1 is 1.04 bits per heavy atom. The summed E-state index contributed by atoms with van der Waals surface area (Å²) in [6.07, 6.45) is 3.65. The van der Waals surface area contributed by atoms with Crippen molar-refractivity contribution in [3.8, 4) is 11.3 Å². The molecule has 0 aliphatic heterocycles. The highest BCUT2D eigenvalue weighted by atomic mass is 16.5. The van der Waals surface area contributed by atoms with Gasteiger partial charge in [-0.05, 0) is 24.3 Å². The summed E-state index contributed by atoms with van der Waals surface area (Å²) in [4.78, 5) is 22.6. The van der Waals surface area contributed by atoms with Crippen LogP contribution >= 0.6 is 0 Å². The number of imidazole rings is 1. The van der Waals surface area contributed by atoms with Gasteiger partial charge in [-0.1, -0.05) is 42.5 Å². The zero-order valence-electron chi connectivity index (χ0n) is 14.8.